The number of benzene rings is 1. The Kier molecular flexibility index (Phi) is 6.13. The third kappa shape index (κ3) is 4.36. The van der Waals surface area contributed by atoms with Gasteiger partial charge in [-0.2, -0.15) is 0 Å². The Bertz CT molecular complexity index is 440. The van der Waals surface area contributed by atoms with Crippen molar-refractivity contribution in [3.05, 3.63) is 22.2 Å². The van der Waals surface area contributed by atoms with Crippen LogP contribution in [0, 0.1) is 0 Å². The van der Waals surface area contributed by atoms with Crippen molar-refractivity contribution in [3.8, 4) is 11.5 Å². The number of nitrogens with zero attached hydrogens (tertiary/aromatic N) is 1. The van der Waals surface area contributed by atoms with Gasteiger partial charge in [0, 0.05) is 26.1 Å². The predicted molar refractivity (Wildman–Crippen MR) is 84.6 cm³/mol. The molecule has 0 bridgehead atoms. The molecule has 0 radical (unpaired) electrons. The molecule has 0 aliphatic carbocycles. The Hall–Kier alpha value is -0.780. The highest BCUT2D eigenvalue weighted by molar-refractivity contribution is 9.10. The summed E-state index contributed by atoms with van der Waals surface area (Å²) in [7, 11) is 2.13. The van der Waals surface area contributed by atoms with E-state index in [-0.39, 0.29) is 0 Å². The summed E-state index contributed by atoms with van der Waals surface area (Å²) in [5.74, 6) is 1.68. The summed E-state index contributed by atoms with van der Waals surface area (Å²) in [5.41, 5.74) is 1.21. The van der Waals surface area contributed by atoms with Gasteiger partial charge in [-0.15, -0.1) is 0 Å². The van der Waals surface area contributed by atoms with Crippen molar-refractivity contribution < 1.29 is 9.47 Å². The Balaban J connectivity index is 1.92. The summed E-state index contributed by atoms with van der Waals surface area (Å²) >= 11 is 3.57. The smallest absolute Gasteiger partial charge is 0.175 e. The van der Waals surface area contributed by atoms with Gasteiger partial charge in [0.15, 0.2) is 11.5 Å². The summed E-state index contributed by atoms with van der Waals surface area (Å²) in [5, 5.41) is 3.46. The van der Waals surface area contributed by atoms with Crippen LogP contribution in [0.2, 0.25) is 0 Å². The van der Waals surface area contributed by atoms with Gasteiger partial charge in [-0.05, 0) is 47.2 Å². The van der Waals surface area contributed by atoms with E-state index in [2.05, 4.69) is 52.3 Å². The molecule has 0 saturated heterocycles. The number of fused-ring (bicyclic) bond motifs is 1. The first-order valence-corrected chi connectivity index (χ1v) is 7.97. The number of hydrogen-bond donors (Lipinski definition) is 1. The van der Waals surface area contributed by atoms with Gasteiger partial charge in [-0.25, -0.2) is 0 Å². The highest BCUT2D eigenvalue weighted by Crippen LogP contribution is 2.38. The Labute approximate surface area is 129 Å². The maximum absolute atomic E-state index is 5.74. The number of nitrogens with one attached hydrogen (secondary N) is 1. The maximum atomic E-state index is 5.74. The number of likely N-dealkylation sites (N-methyl/N-ethyl adjacent to an activating group) is 1. The third-order valence-electron chi connectivity index (χ3n) is 3.40. The molecule has 1 aromatic carbocycles. The molecule has 20 heavy (non-hydrogen) atoms. The molecule has 1 aromatic rings. The second-order valence-corrected chi connectivity index (χ2v) is 5.88. The number of ether oxygens (including phenoxy) is 2. The lowest BCUT2D eigenvalue weighted by atomic mass is 10.2. The van der Waals surface area contributed by atoms with Crippen LogP contribution in [0.1, 0.15) is 18.9 Å². The van der Waals surface area contributed by atoms with Crippen LogP contribution in [0.5, 0.6) is 11.5 Å². The standard InChI is InChI=1S/C15H23BrN2O2/c1-3-18(2)6-5-17-11-12-9-13(16)15-14(10-12)19-7-4-8-20-15/h9-10,17H,3-8,11H2,1-2H3. The van der Waals surface area contributed by atoms with Crippen LogP contribution >= 0.6 is 15.9 Å². The second-order valence-electron chi connectivity index (χ2n) is 5.03. The van der Waals surface area contributed by atoms with Crippen molar-refractivity contribution in [3.63, 3.8) is 0 Å². The van der Waals surface area contributed by atoms with Crippen molar-refractivity contribution in [1.29, 1.82) is 0 Å². The molecule has 0 spiro atoms. The van der Waals surface area contributed by atoms with Crippen molar-refractivity contribution >= 4 is 15.9 Å². The molecule has 0 fully saturated rings. The van der Waals surface area contributed by atoms with Gasteiger partial charge in [-0.1, -0.05) is 6.92 Å². The molecular weight excluding hydrogens is 320 g/mol. The second kappa shape index (κ2) is 7.86. The molecule has 1 heterocycles. The first-order chi connectivity index (χ1) is 9.70. The van der Waals surface area contributed by atoms with Gasteiger partial charge in [0.1, 0.15) is 0 Å². The van der Waals surface area contributed by atoms with Gasteiger partial charge >= 0.3 is 0 Å². The number of halogens is 1. The average molecular weight is 343 g/mol. The van der Waals surface area contributed by atoms with Crippen LogP contribution in [0.3, 0.4) is 0 Å². The topological polar surface area (TPSA) is 33.7 Å². The van der Waals surface area contributed by atoms with Gasteiger partial charge in [-0.3, -0.25) is 0 Å². The molecular formula is C15H23BrN2O2. The summed E-state index contributed by atoms with van der Waals surface area (Å²) in [4.78, 5) is 2.29. The van der Waals surface area contributed by atoms with Gasteiger partial charge in [0.25, 0.3) is 0 Å². The molecule has 0 atom stereocenters. The fourth-order valence-corrected chi connectivity index (χ4v) is 2.65. The van der Waals surface area contributed by atoms with Crippen LogP contribution in [0.25, 0.3) is 0 Å². The molecule has 1 aliphatic rings. The minimum absolute atomic E-state index is 0.715. The Morgan fingerprint density at radius 2 is 2.10 bits per heavy atom. The predicted octanol–water partition coefficient (Wildman–Crippen LogP) is 2.65. The first kappa shape index (κ1) is 15.6. The lowest BCUT2D eigenvalue weighted by Crippen LogP contribution is -2.28. The van der Waals surface area contributed by atoms with Crippen molar-refractivity contribution in [2.45, 2.75) is 19.9 Å². The van der Waals surface area contributed by atoms with Crippen LogP contribution in [-0.4, -0.2) is 44.8 Å². The van der Waals surface area contributed by atoms with Crippen LogP contribution in [0.4, 0.5) is 0 Å². The maximum Gasteiger partial charge on any atom is 0.175 e. The summed E-state index contributed by atoms with van der Waals surface area (Å²) in [6, 6.07) is 4.17. The molecule has 1 aliphatic heterocycles. The Morgan fingerprint density at radius 1 is 1.30 bits per heavy atom. The monoisotopic (exact) mass is 342 g/mol. The molecule has 0 amide bonds. The zero-order valence-corrected chi connectivity index (χ0v) is 13.8. The van der Waals surface area contributed by atoms with Gasteiger partial charge < -0.3 is 19.7 Å². The molecule has 2 rings (SSSR count). The SMILES string of the molecule is CCN(C)CCNCc1cc(Br)c2c(c1)OCCCO2. The molecule has 0 unspecified atom stereocenters. The van der Waals surface area contributed by atoms with Crippen molar-refractivity contribution in [1.82, 2.24) is 10.2 Å². The van der Waals surface area contributed by atoms with E-state index in [9.17, 15) is 0 Å². The van der Waals surface area contributed by atoms with E-state index in [4.69, 9.17) is 9.47 Å². The van der Waals surface area contributed by atoms with E-state index >= 15 is 0 Å². The van der Waals surface area contributed by atoms with Gasteiger partial charge in [0.05, 0.1) is 17.7 Å². The fraction of sp³-hybridized carbons (Fsp3) is 0.600. The van der Waals surface area contributed by atoms with E-state index in [1.54, 1.807) is 0 Å². The summed E-state index contributed by atoms with van der Waals surface area (Å²) in [6.07, 6.45) is 0.929. The molecule has 0 aromatic heterocycles. The highest BCUT2D eigenvalue weighted by atomic mass is 79.9. The summed E-state index contributed by atoms with van der Waals surface area (Å²) in [6.45, 7) is 7.56. The first-order valence-electron chi connectivity index (χ1n) is 7.18. The third-order valence-corrected chi connectivity index (χ3v) is 3.99. The fourth-order valence-electron chi connectivity index (χ4n) is 2.05. The van der Waals surface area contributed by atoms with E-state index in [1.807, 2.05) is 0 Å². The van der Waals surface area contributed by atoms with Crippen LogP contribution < -0.4 is 14.8 Å². The van der Waals surface area contributed by atoms with Crippen molar-refractivity contribution in [2.75, 3.05) is 39.9 Å². The molecule has 0 saturated carbocycles. The molecule has 4 nitrogen and oxygen atoms in total. The van der Waals surface area contributed by atoms with E-state index in [0.717, 1.165) is 55.2 Å². The number of rotatable bonds is 6. The molecule has 5 heteroatoms. The number of hydrogen-bond acceptors (Lipinski definition) is 4. The van der Waals surface area contributed by atoms with Crippen molar-refractivity contribution in [2.24, 2.45) is 0 Å². The molecule has 1 N–H and O–H groups in total. The lowest BCUT2D eigenvalue weighted by molar-refractivity contribution is 0.296. The zero-order chi connectivity index (χ0) is 14.4. The quantitative estimate of drug-likeness (QED) is 0.806. The van der Waals surface area contributed by atoms with E-state index in [0.29, 0.717) is 6.61 Å². The van der Waals surface area contributed by atoms with Crippen LogP contribution in [-0.2, 0) is 6.54 Å². The Morgan fingerprint density at radius 3 is 2.90 bits per heavy atom. The van der Waals surface area contributed by atoms with Crippen LogP contribution in [0.15, 0.2) is 16.6 Å². The zero-order valence-electron chi connectivity index (χ0n) is 12.2. The minimum atomic E-state index is 0.715. The minimum Gasteiger partial charge on any atom is -0.490 e. The van der Waals surface area contributed by atoms with E-state index < -0.39 is 0 Å². The molecule has 112 valence electrons. The largest absolute Gasteiger partial charge is 0.490 e. The average Bonchev–Trinajstić information content (AvgIpc) is 2.69. The van der Waals surface area contributed by atoms with E-state index in [1.165, 1.54) is 5.56 Å². The summed E-state index contributed by atoms with van der Waals surface area (Å²) < 4.78 is 12.4. The highest BCUT2D eigenvalue weighted by Gasteiger charge is 2.15. The lowest BCUT2D eigenvalue weighted by Gasteiger charge is -2.15. The normalized spacial score (nSPS) is 14.4. The van der Waals surface area contributed by atoms with Gasteiger partial charge in [0.2, 0.25) is 0 Å².